The second-order valence-corrected chi connectivity index (χ2v) is 7.93. The van der Waals surface area contributed by atoms with E-state index < -0.39 is 9.84 Å². The van der Waals surface area contributed by atoms with Gasteiger partial charge in [0.05, 0.1) is 5.75 Å². The molecule has 23 heavy (non-hydrogen) atoms. The van der Waals surface area contributed by atoms with Gasteiger partial charge in [0.25, 0.3) is 5.91 Å². The van der Waals surface area contributed by atoms with Crippen LogP contribution in [0, 0.1) is 0 Å². The molecule has 0 aliphatic heterocycles. The molecular weight excluding hydrogens is 310 g/mol. The van der Waals surface area contributed by atoms with Crippen LogP contribution in [0.1, 0.15) is 34.3 Å². The van der Waals surface area contributed by atoms with Gasteiger partial charge < -0.3 is 5.32 Å². The Hall–Kier alpha value is -2.14. The van der Waals surface area contributed by atoms with Crippen LogP contribution < -0.4 is 5.32 Å². The largest absolute Gasteiger partial charge is 0.351 e. The van der Waals surface area contributed by atoms with E-state index in [1.807, 2.05) is 30.3 Å². The van der Waals surface area contributed by atoms with E-state index in [0.717, 1.165) is 0 Å². The summed E-state index contributed by atoms with van der Waals surface area (Å²) in [7, 11) is -3.06. The monoisotopic (exact) mass is 331 g/mol. The number of hydrogen-bond donors (Lipinski definition) is 1. The number of carbonyl (C=O) groups is 1. The van der Waals surface area contributed by atoms with Crippen LogP contribution in [0.5, 0.6) is 0 Å². The summed E-state index contributed by atoms with van der Waals surface area (Å²) >= 11 is 0. The quantitative estimate of drug-likeness (QED) is 0.885. The number of rotatable bonds is 6. The minimum absolute atomic E-state index is 0.0139. The molecule has 0 aromatic heterocycles. The van der Waals surface area contributed by atoms with Crippen LogP contribution in [0.25, 0.3) is 0 Å². The molecule has 2 aromatic rings. The predicted octanol–water partition coefficient (Wildman–Crippen LogP) is 2.76. The maximum absolute atomic E-state index is 12.1. The maximum atomic E-state index is 12.1. The zero-order chi connectivity index (χ0) is 16.9. The number of amides is 1. The van der Waals surface area contributed by atoms with E-state index in [1.54, 1.807) is 24.3 Å². The van der Waals surface area contributed by atoms with Crippen molar-refractivity contribution in [1.82, 2.24) is 5.32 Å². The van der Waals surface area contributed by atoms with Crippen LogP contribution in [-0.4, -0.2) is 27.1 Å². The van der Waals surface area contributed by atoms with Gasteiger partial charge in [0, 0.05) is 18.4 Å². The highest BCUT2D eigenvalue weighted by Gasteiger charge is 2.10. The van der Waals surface area contributed by atoms with Crippen molar-refractivity contribution in [3.63, 3.8) is 0 Å². The molecule has 0 fully saturated rings. The molecule has 1 N–H and O–H groups in total. The highest BCUT2D eigenvalue weighted by atomic mass is 32.2. The molecule has 0 bridgehead atoms. The van der Waals surface area contributed by atoms with Crippen molar-refractivity contribution in [2.45, 2.75) is 18.6 Å². The van der Waals surface area contributed by atoms with Crippen molar-refractivity contribution in [2.24, 2.45) is 0 Å². The Morgan fingerprint density at radius 3 is 2.22 bits per heavy atom. The van der Waals surface area contributed by atoms with Gasteiger partial charge in [0.15, 0.2) is 9.84 Å². The number of hydrogen-bond acceptors (Lipinski definition) is 3. The van der Waals surface area contributed by atoms with Crippen molar-refractivity contribution in [3.05, 3.63) is 71.3 Å². The van der Waals surface area contributed by atoms with Gasteiger partial charge in [0.1, 0.15) is 0 Å². The average Bonchev–Trinajstić information content (AvgIpc) is 2.52. The van der Waals surface area contributed by atoms with E-state index in [1.165, 1.54) is 11.8 Å². The van der Waals surface area contributed by atoms with Crippen LogP contribution in [0.3, 0.4) is 0 Å². The van der Waals surface area contributed by atoms with Gasteiger partial charge in [0.2, 0.25) is 0 Å². The fraction of sp³-hybridized carbons (Fsp3) is 0.278. The Morgan fingerprint density at radius 1 is 1.04 bits per heavy atom. The van der Waals surface area contributed by atoms with Crippen molar-refractivity contribution in [2.75, 3.05) is 12.8 Å². The third kappa shape index (κ3) is 5.53. The van der Waals surface area contributed by atoms with Crippen LogP contribution >= 0.6 is 0 Å². The van der Waals surface area contributed by atoms with E-state index in [4.69, 9.17) is 0 Å². The summed E-state index contributed by atoms with van der Waals surface area (Å²) in [6.07, 6.45) is 1.19. The molecule has 122 valence electrons. The molecule has 0 saturated heterocycles. The van der Waals surface area contributed by atoms with Gasteiger partial charge in [-0.2, -0.15) is 0 Å². The molecule has 4 nitrogen and oxygen atoms in total. The van der Waals surface area contributed by atoms with Crippen LogP contribution in [0.2, 0.25) is 0 Å². The summed E-state index contributed by atoms with van der Waals surface area (Å²) in [5, 5.41) is 2.91. The molecule has 1 atom stereocenters. The van der Waals surface area contributed by atoms with Crippen LogP contribution in [0.15, 0.2) is 54.6 Å². The summed E-state index contributed by atoms with van der Waals surface area (Å²) in [6, 6.07) is 16.7. The van der Waals surface area contributed by atoms with Crippen LogP contribution in [0.4, 0.5) is 0 Å². The Kier molecular flexibility index (Phi) is 5.55. The molecule has 2 aromatic carbocycles. The van der Waals surface area contributed by atoms with Gasteiger partial charge in [-0.05, 0) is 29.2 Å². The molecule has 0 heterocycles. The molecule has 0 saturated carbocycles. The number of carbonyl (C=O) groups excluding carboxylic acids is 1. The summed E-state index contributed by atoms with van der Waals surface area (Å²) in [5.41, 5.74) is 2.39. The third-order valence-corrected chi connectivity index (χ3v) is 4.44. The fourth-order valence-corrected chi connectivity index (χ4v) is 3.10. The maximum Gasteiger partial charge on any atom is 0.251 e. The Bertz CT molecular complexity index is 753. The highest BCUT2D eigenvalue weighted by Crippen LogP contribution is 2.13. The smallest absolute Gasteiger partial charge is 0.251 e. The molecular formula is C18H21NO3S. The van der Waals surface area contributed by atoms with E-state index in [0.29, 0.717) is 17.7 Å². The normalized spacial score (nSPS) is 12.6. The van der Waals surface area contributed by atoms with Gasteiger partial charge in [-0.1, -0.05) is 49.4 Å². The second-order valence-electron chi connectivity index (χ2n) is 5.79. The van der Waals surface area contributed by atoms with Gasteiger partial charge in [-0.25, -0.2) is 8.42 Å². The SMILES string of the molecule is C[C@@H](CNC(=O)c1ccc(CS(C)(=O)=O)cc1)c1ccccc1. The summed E-state index contributed by atoms with van der Waals surface area (Å²) in [5.74, 6) is 0.0586. The number of benzene rings is 2. The lowest BCUT2D eigenvalue weighted by Gasteiger charge is -2.13. The summed E-state index contributed by atoms with van der Waals surface area (Å²) < 4.78 is 22.5. The lowest BCUT2D eigenvalue weighted by molar-refractivity contribution is 0.0951. The Morgan fingerprint density at radius 2 is 1.65 bits per heavy atom. The van der Waals surface area contributed by atoms with E-state index in [-0.39, 0.29) is 17.6 Å². The van der Waals surface area contributed by atoms with Gasteiger partial charge >= 0.3 is 0 Å². The molecule has 1 amide bonds. The topological polar surface area (TPSA) is 63.2 Å². The lowest BCUT2D eigenvalue weighted by Crippen LogP contribution is -2.27. The minimum Gasteiger partial charge on any atom is -0.351 e. The molecule has 2 rings (SSSR count). The third-order valence-electron chi connectivity index (χ3n) is 3.58. The lowest BCUT2D eigenvalue weighted by atomic mass is 10.0. The fourth-order valence-electron chi connectivity index (χ4n) is 2.30. The van der Waals surface area contributed by atoms with E-state index in [9.17, 15) is 13.2 Å². The van der Waals surface area contributed by atoms with E-state index in [2.05, 4.69) is 12.2 Å². The first-order chi connectivity index (χ1) is 10.8. The minimum atomic E-state index is -3.06. The number of sulfone groups is 1. The first kappa shape index (κ1) is 17.2. The standard InChI is InChI=1S/C18H21NO3S/c1-14(16-6-4-3-5-7-16)12-19-18(20)17-10-8-15(9-11-17)13-23(2,21)22/h3-11,14H,12-13H2,1-2H3,(H,19,20)/t14-/m0/s1. The number of nitrogens with one attached hydrogen (secondary N) is 1. The van der Waals surface area contributed by atoms with Crippen LogP contribution in [-0.2, 0) is 15.6 Å². The van der Waals surface area contributed by atoms with Gasteiger partial charge in [-0.15, -0.1) is 0 Å². The Balaban J connectivity index is 1.93. The van der Waals surface area contributed by atoms with Gasteiger partial charge in [-0.3, -0.25) is 4.79 Å². The molecule has 0 unspecified atom stereocenters. The highest BCUT2D eigenvalue weighted by molar-refractivity contribution is 7.89. The first-order valence-corrected chi connectivity index (χ1v) is 9.51. The van der Waals surface area contributed by atoms with Crippen molar-refractivity contribution >= 4 is 15.7 Å². The summed E-state index contributed by atoms with van der Waals surface area (Å²) in [4.78, 5) is 12.1. The molecule has 0 radical (unpaired) electrons. The zero-order valence-electron chi connectivity index (χ0n) is 13.3. The molecule has 5 heteroatoms. The van der Waals surface area contributed by atoms with Crippen molar-refractivity contribution in [3.8, 4) is 0 Å². The Labute approximate surface area is 137 Å². The predicted molar refractivity (Wildman–Crippen MR) is 92.2 cm³/mol. The second kappa shape index (κ2) is 7.42. The van der Waals surface area contributed by atoms with E-state index >= 15 is 0 Å². The first-order valence-electron chi connectivity index (χ1n) is 7.45. The molecule has 0 aliphatic rings. The van der Waals surface area contributed by atoms with Crippen molar-refractivity contribution in [1.29, 1.82) is 0 Å². The summed E-state index contributed by atoms with van der Waals surface area (Å²) in [6.45, 7) is 2.61. The zero-order valence-corrected chi connectivity index (χ0v) is 14.1. The molecule has 0 aliphatic carbocycles. The average molecular weight is 331 g/mol. The van der Waals surface area contributed by atoms with Crippen molar-refractivity contribution < 1.29 is 13.2 Å². The molecule has 0 spiro atoms.